The molecule has 0 radical (unpaired) electrons. The fraction of sp³-hybridized carbons (Fsp3) is 1.00. The van der Waals surface area contributed by atoms with Gasteiger partial charge >= 0.3 is 0 Å². The van der Waals surface area contributed by atoms with E-state index >= 15 is 0 Å². The fourth-order valence-electron chi connectivity index (χ4n) is 1.45. The minimum absolute atomic E-state index is 0.375. The number of hydrogen-bond acceptors (Lipinski definition) is 2. The summed E-state index contributed by atoms with van der Waals surface area (Å²) in [6, 6.07) is 0.689. The maximum atomic E-state index is 8.75. The Hall–Kier alpha value is -0.0800. The Morgan fingerprint density at radius 3 is 2.55 bits per heavy atom. The van der Waals surface area contributed by atoms with Gasteiger partial charge in [0, 0.05) is 12.6 Å². The van der Waals surface area contributed by atoms with Crippen LogP contribution in [0.1, 0.15) is 26.7 Å². The van der Waals surface area contributed by atoms with Gasteiger partial charge in [0.1, 0.15) is 0 Å². The van der Waals surface area contributed by atoms with Crippen LogP contribution in [-0.2, 0) is 0 Å². The SMILES string of the molecule is CC(C)CNC1CC(CO)C1. The van der Waals surface area contributed by atoms with Crippen LogP contribution < -0.4 is 5.32 Å². The van der Waals surface area contributed by atoms with Crippen molar-refractivity contribution in [3.05, 3.63) is 0 Å². The monoisotopic (exact) mass is 157 g/mol. The number of aliphatic hydroxyl groups excluding tert-OH is 1. The molecule has 0 atom stereocenters. The van der Waals surface area contributed by atoms with Crippen LogP contribution >= 0.6 is 0 Å². The van der Waals surface area contributed by atoms with Crippen molar-refractivity contribution in [2.75, 3.05) is 13.2 Å². The van der Waals surface area contributed by atoms with Gasteiger partial charge in [0.05, 0.1) is 0 Å². The zero-order valence-corrected chi connectivity index (χ0v) is 7.51. The molecule has 2 heteroatoms. The topological polar surface area (TPSA) is 32.3 Å². The van der Waals surface area contributed by atoms with E-state index in [1.54, 1.807) is 0 Å². The highest BCUT2D eigenvalue weighted by Gasteiger charge is 2.27. The van der Waals surface area contributed by atoms with Crippen LogP contribution in [0.2, 0.25) is 0 Å². The number of hydrogen-bond donors (Lipinski definition) is 2. The van der Waals surface area contributed by atoms with Gasteiger partial charge in [0.15, 0.2) is 0 Å². The summed E-state index contributed by atoms with van der Waals surface area (Å²) in [5, 5.41) is 12.2. The molecular weight excluding hydrogens is 138 g/mol. The maximum Gasteiger partial charge on any atom is 0.0460 e. The third-order valence-electron chi connectivity index (χ3n) is 2.31. The van der Waals surface area contributed by atoms with E-state index in [1.165, 1.54) is 12.8 Å². The highest BCUT2D eigenvalue weighted by Crippen LogP contribution is 2.26. The average Bonchev–Trinajstić information content (AvgIpc) is 1.84. The zero-order valence-electron chi connectivity index (χ0n) is 7.51. The molecule has 1 fully saturated rings. The number of rotatable bonds is 4. The van der Waals surface area contributed by atoms with E-state index in [1.807, 2.05) is 0 Å². The van der Waals surface area contributed by atoms with E-state index in [0.717, 1.165) is 12.5 Å². The predicted molar refractivity (Wildman–Crippen MR) is 46.4 cm³/mol. The van der Waals surface area contributed by atoms with Crippen molar-refractivity contribution in [1.29, 1.82) is 0 Å². The van der Waals surface area contributed by atoms with Gasteiger partial charge in [0.25, 0.3) is 0 Å². The lowest BCUT2D eigenvalue weighted by Gasteiger charge is -2.35. The van der Waals surface area contributed by atoms with E-state index in [4.69, 9.17) is 5.11 Å². The number of nitrogens with one attached hydrogen (secondary N) is 1. The summed E-state index contributed by atoms with van der Waals surface area (Å²) in [6.45, 7) is 5.92. The quantitative estimate of drug-likeness (QED) is 0.638. The molecule has 1 rings (SSSR count). The first-order valence-corrected chi connectivity index (χ1v) is 4.56. The van der Waals surface area contributed by atoms with Crippen molar-refractivity contribution in [2.24, 2.45) is 11.8 Å². The first kappa shape index (κ1) is 9.01. The molecule has 0 heterocycles. The van der Waals surface area contributed by atoms with E-state index in [9.17, 15) is 0 Å². The van der Waals surface area contributed by atoms with Crippen LogP contribution in [0.3, 0.4) is 0 Å². The van der Waals surface area contributed by atoms with Gasteiger partial charge in [-0.3, -0.25) is 0 Å². The van der Waals surface area contributed by atoms with Crippen molar-refractivity contribution in [1.82, 2.24) is 5.32 Å². The Balaban J connectivity index is 1.96. The van der Waals surface area contributed by atoms with Crippen molar-refractivity contribution in [2.45, 2.75) is 32.7 Å². The molecule has 1 aliphatic rings. The lowest BCUT2D eigenvalue weighted by atomic mass is 9.81. The Kier molecular flexibility index (Phi) is 3.34. The maximum absolute atomic E-state index is 8.75. The smallest absolute Gasteiger partial charge is 0.0460 e. The molecule has 2 nitrogen and oxygen atoms in total. The van der Waals surface area contributed by atoms with E-state index in [-0.39, 0.29) is 0 Å². The van der Waals surface area contributed by atoms with E-state index in [0.29, 0.717) is 18.6 Å². The minimum atomic E-state index is 0.375. The van der Waals surface area contributed by atoms with Crippen LogP contribution in [0, 0.1) is 11.8 Å². The second-order valence-electron chi connectivity index (χ2n) is 4.02. The zero-order chi connectivity index (χ0) is 8.27. The Morgan fingerprint density at radius 1 is 1.45 bits per heavy atom. The van der Waals surface area contributed by atoms with Crippen molar-refractivity contribution < 1.29 is 5.11 Å². The Labute approximate surface area is 69.0 Å². The molecule has 1 saturated carbocycles. The van der Waals surface area contributed by atoms with Crippen molar-refractivity contribution in [3.63, 3.8) is 0 Å². The first-order valence-electron chi connectivity index (χ1n) is 4.56. The van der Waals surface area contributed by atoms with Gasteiger partial charge in [-0.25, -0.2) is 0 Å². The summed E-state index contributed by atoms with van der Waals surface area (Å²) >= 11 is 0. The molecular formula is C9H19NO. The first-order chi connectivity index (χ1) is 5.22. The van der Waals surface area contributed by atoms with Gasteiger partial charge in [-0.2, -0.15) is 0 Å². The highest BCUT2D eigenvalue weighted by molar-refractivity contribution is 4.84. The largest absolute Gasteiger partial charge is 0.396 e. The predicted octanol–water partition coefficient (Wildman–Crippen LogP) is 1.00. The molecule has 0 aromatic heterocycles. The summed E-state index contributed by atoms with van der Waals surface area (Å²) < 4.78 is 0. The van der Waals surface area contributed by atoms with Crippen molar-refractivity contribution in [3.8, 4) is 0 Å². The minimum Gasteiger partial charge on any atom is -0.396 e. The van der Waals surface area contributed by atoms with Gasteiger partial charge in [-0.15, -0.1) is 0 Å². The fourth-order valence-corrected chi connectivity index (χ4v) is 1.45. The molecule has 0 aromatic rings. The Bertz CT molecular complexity index is 108. The van der Waals surface area contributed by atoms with Gasteiger partial charge in [0.2, 0.25) is 0 Å². The van der Waals surface area contributed by atoms with Crippen LogP contribution in [-0.4, -0.2) is 24.3 Å². The average molecular weight is 157 g/mol. The molecule has 0 aliphatic heterocycles. The van der Waals surface area contributed by atoms with Gasteiger partial charge < -0.3 is 10.4 Å². The molecule has 0 amide bonds. The molecule has 0 saturated heterocycles. The van der Waals surface area contributed by atoms with E-state index < -0.39 is 0 Å². The second-order valence-corrected chi connectivity index (χ2v) is 4.02. The van der Waals surface area contributed by atoms with Crippen LogP contribution in [0.25, 0.3) is 0 Å². The summed E-state index contributed by atoms with van der Waals surface area (Å²) in [7, 11) is 0. The standard InChI is InChI=1S/C9H19NO/c1-7(2)5-10-9-3-8(4-9)6-11/h7-11H,3-6H2,1-2H3. The summed E-state index contributed by atoms with van der Waals surface area (Å²) in [4.78, 5) is 0. The van der Waals surface area contributed by atoms with E-state index in [2.05, 4.69) is 19.2 Å². The molecule has 0 bridgehead atoms. The molecule has 0 unspecified atom stereocenters. The van der Waals surface area contributed by atoms with Gasteiger partial charge in [-0.1, -0.05) is 13.8 Å². The number of aliphatic hydroxyl groups is 1. The lowest BCUT2D eigenvalue weighted by molar-refractivity contribution is 0.125. The highest BCUT2D eigenvalue weighted by atomic mass is 16.3. The normalized spacial score (nSPS) is 30.5. The second kappa shape index (κ2) is 4.07. The molecule has 0 spiro atoms. The third-order valence-corrected chi connectivity index (χ3v) is 2.31. The molecule has 0 aromatic carbocycles. The van der Waals surface area contributed by atoms with Gasteiger partial charge in [-0.05, 0) is 31.2 Å². The Morgan fingerprint density at radius 2 is 2.09 bits per heavy atom. The lowest BCUT2D eigenvalue weighted by Crippen LogP contribution is -2.43. The van der Waals surface area contributed by atoms with Crippen LogP contribution in [0.4, 0.5) is 0 Å². The molecule has 2 N–H and O–H groups in total. The molecule has 1 aliphatic carbocycles. The molecule has 11 heavy (non-hydrogen) atoms. The molecule has 66 valence electrons. The summed E-state index contributed by atoms with van der Waals surface area (Å²) in [5.41, 5.74) is 0. The third kappa shape index (κ3) is 2.80. The summed E-state index contributed by atoms with van der Waals surface area (Å²) in [5.74, 6) is 1.32. The van der Waals surface area contributed by atoms with Crippen LogP contribution in [0.5, 0.6) is 0 Å². The van der Waals surface area contributed by atoms with Crippen LogP contribution in [0.15, 0.2) is 0 Å². The van der Waals surface area contributed by atoms with Crippen molar-refractivity contribution >= 4 is 0 Å². The summed E-state index contributed by atoms with van der Waals surface area (Å²) in [6.07, 6.45) is 2.34.